The minimum Gasteiger partial charge on any atom is -0.355 e. The minimum atomic E-state index is -0.683. The number of thiocarbonyl (C=S) groups is 1. The maximum atomic E-state index is 13.7. The van der Waals surface area contributed by atoms with Crippen LogP contribution >= 0.6 is 36.4 Å². The standard InChI is InChI=1S/C35H31ClF2N4O3S2/c1-35(2)28-20-26(46)16-17-29(28)40(19-5-18-39-31(43)21-36)30(35)7-4-3-6-27-32(44)41(24-12-8-22(37)9-13-24)34(47)42(33(27)45)25-14-10-23(38)11-15-25/h3-4,6-17,20,46H,5,18-19,21H2,1-2H3,(H,39,43)/b4-3+,30-7+. The van der Waals surface area contributed by atoms with Gasteiger partial charge >= 0.3 is 0 Å². The quantitative estimate of drug-likeness (QED) is 0.0643. The number of halogens is 3. The number of carbonyl (C=O) groups excluding carboxylic acids is 3. The summed E-state index contributed by atoms with van der Waals surface area (Å²) < 4.78 is 27.5. The number of benzene rings is 3. The molecule has 0 bridgehead atoms. The van der Waals surface area contributed by atoms with Crippen molar-refractivity contribution in [2.75, 3.05) is 33.7 Å². The Labute approximate surface area is 287 Å². The highest BCUT2D eigenvalue weighted by Gasteiger charge is 2.41. The van der Waals surface area contributed by atoms with Crippen molar-refractivity contribution in [2.24, 2.45) is 0 Å². The Bertz CT molecular complexity index is 1760. The van der Waals surface area contributed by atoms with Gasteiger partial charge in [-0.1, -0.05) is 26.0 Å². The van der Waals surface area contributed by atoms with Crippen LogP contribution in [0.5, 0.6) is 0 Å². The van der Waals surface area contributed by atoms with Crippen LogP contribution in [0.15, 0.2) is 107 Å². The normalized spacial score (nSPS) is 16.8. The first kappa shape index (κ1) is 34.0. The Morgan fingerprint density at radius 2 is 1.47 bits per heavy atom. The molecule has 0 saturated carbocycles. The highest BCUT2D eigenvalue weighted by Crippen LogP contribution is 2.48. The van der Waals surface area contributed by atoms with Crippen molar-refractivity contribution in [1.82, 2.24) is 5.32 Å². The zero-order valence-electron chi connectivity index (χ0n) is 25.5. The molecule has 0 spiro atoms. The number of carbonyl (C=O) groups is 3. The lowest BCUT2D eigenvalue weighted by Crippen LogP contribution is -2.57. The summed E-state index contributed by atoms with van der Waals surface area (Å²) >= 11 is 15.7. The van der Waals surface area contributed by atoms with Gasteiger partial charge in [-0.2, -0.15) is 0 Å². The molecule has 0 radical (unpaired) electrons. The number of nitrogens with one attached hydrogen (secondary N) is 1. The molecule has 12 heteroatoms. The SMILES string of the molecule is CC1(C)/C(=C\C=C\C=C2C(=O)N(c3ccc(F)cc3)C(=S)N(c3ccc(F)cc3)C2=O)N(CCCNC(=O)CCl)c2ccc(S)cc21. The maximum absolute atomic E-state index is 13.7. The average molecular weight is 693 g/mol. The molecule has 0 unspecified atom stereocenters. The van der Waals surface area contributed by atoms with Gasteiger partial charge in [0.1, 0.15) is 23.1 Å². The fourth-order valence-corrected chi connectivity index (χ4v) is 6.27. The number of amides is 3. The van der Waals surface area contributed by atoms with Crippen LogP contribution in [0.2, 0.25) is 0 Å². The molecule has 3 amide bonds. The van der Waals surface area contributed by atoms with E-state index in [2.05, 4.69) is 36.7 Å². The Balaban J connectivity index is 1.49. The van der Waals surface area contributed by atoms with E-state index in [0.717, 1.165) is 31.6 Å². The highest BCUT2D eigenvalue weighted by molar-refractivity contribution is 7.81. The number of anilines is 3. The smallest absolute Gasteiger partial charge is 0.270 e. The van der Waals surface area contributed by atoms with E-state index >= 15 is 0 Å². The summed E-state index contributed by atoms with van der Waals surface area (Å²) in [6, 6.07) is 16.3. The molecule has 7 nitrogen and oxygen atoms in total. The second-order valence-corrected chi connectivity index (χ2v) is 12.5. The molecule has 2 aliphatic rings. The number of rotatable bonds is 9. The first-order valence-electron chi connectivity index (χ1n) is 14.7. The molecule has 1 saturated heterocycles. The molecule has 0 aliphatic carbocycles. The topological polar surface area (TPSA) is 73.0 Å². The second-order valence-electron chi connectivity index (χ2n) is 11.3. The Hall–Kier alpha value is -4.32. The van der Waals surface area contributed by atoms with E-state index in [-0.39, 0.29) is 33.8 Å². The minimum absolute atomic E-state index is 0.101. The summed E-state index contributed by atoms with van der Waals surface area (Å²) in [5.74, 6) is -2.70. The summed E-state index contributed by atoms with van der Waals surface area (Å²) in [6.07, 6.45) is 7.33. The van der Waals surface area contributed by atoms with Crippen LogP contribution in [0.1, 0.15) is 25.8 Å². The van der Waals surface area contributed by atoms with Crippen molar-refractivity contribution < 1.29 is 23.2 Å². The van der Waals surface area contributed by atoms with Crippen molar-refractivity contribution in [3.8, 4) is 0 Å². The fourth-order valence-electron chi connectivity index (χ4n) is 5.60. The van der Waals surface area contributed by atoms with Crippen molar-refractivity contribution in [1.29, 1.82) is 0 Å². The van der Waals surface area contributed by atoms with Gasteiger partial charge in [-0.3, -0.25) is 24.2 Å². The first-order chi connectivity index (χ1) is 22.4. The molecule has 242 valence electrons. The summed E-state index contributed by atoms with van der Waals surface area (Å²) in [4.78, 5) is 44.4. The Morgan fingerprint density at radius 3 is 2.02 bits per heavy atom. The van der Waals surface area contributed by atoms with E-state index in [9.17, 15) is 23.2 Å². The zero-order chi connectivity index (χ0) is 33.9. The van der Waals surface area contributed by atoms with Crippen molar-refractivity contribution in [3.05, 3.63) is 120 Å². The molecule has 3 aromatic rings. The number of thiol groups is 1. The van der Waals surface area contributed by atoms with Crippen LogP contribution in [-0.2, 0) is 19.8 Å². The summed E-state index contributed by atoms with van der Waals surface area (Å²) in [5, 5.41) is 2.65. The van der Waals surface area contributed by atoms with Gasteiger partial charge in [-0.25, -0.2) is 8.78 Å². The fraction of sp³-hybridized carbons (Fsp3) is 0.200. The molecule has 2 aliphatic heterocycles. The van der Waals surface area contributed by atoms with Crippen LogP contribution in [0.4, 0.5) is 25.8 Å². The second kappa shape index (κ2) is 14.2. The largest absolute Gasteiger partial charge is 0.355 e. The van der Waals surface area contributed by atoms with Crippen LogP contribution in [0.25, 0.3) is 0 Å². The van der Waals surface area contributed by atoms with E-state index in [1.165, 1.54) is 54.6 Å². The summed E-state index contributed by atoms with van der Waals surface area (Å²) in [5.41, 5.74) is 3.01. The lowest BCUT2D eigenvalue weighted by atomic mass is 9.83. The van der Waals surface area contributed by atoms with Gasteiger partial charge in [-0.15, -0.1) is 24.2 Å². The van der Waals surface area contributed by atoms with Gasteiger partial charge in [0.25, 0.3) is 11.8 Å². The lowest BCUT2D eigenvalue weighted by Gasteiger charge is -2.36. The molecule has 5 rings (SSSR count). The third-order valence-corrected chi connectivity index (χ3v) is 8.81. The van der Waals surface area contributed by atoms with Crippen LogP contribution in [0.3, 0.4) is 0 Å². The molecular weight excluding hydrogens is 662 g/mol. The Morgan fingerprint density at radius 1 is 0.915 bits per heavy atom. The molecule has 0 atom stereocenters. The number of allylic oxidation sites excluding steroid dienone is 5. The molecule has 2 heterocycles. The summed E-state index contributed by atoms with van der Waals surface area (Å²) in [6.45, 7) is 5.27. The number of fused-ring (bicyclic) bond motifs is 1. The average Bonchev–Trinajstić information content (AvgIpc) is 3.25. The van der Waals surface area contributed by atoms with Gasteiger partial charge in [0.15, 0.2) is 5.11 Å². The monoisotopic (exact) mass is 692 g/mol. The van der Waals surface area contributed by atoms with Crippen molar-refractivity contribution >= 4 is 76.3 Å². The van der Waals surface area contributed by atoms with Gasteiger partial charge in [0.2, 0.25) is 5.91 Å². The maximum Gasteiger partial charge on any atom is 0.270 e. The highest BCUT2D eigenvalue weighted by atomic mass is 35.5. The van der Waals surface area contributed by atoms with E-state index in [0.29, 0.717) is 19.5 Å². The van der Waals surface area contributed by atoms with E-state index in [1.807, 2.05) is 24.3 Å². The molecule has 1 fully saturated rings. The zero-order valence-corrected chi connectivity index (χ0v) is 28.0. The third-order valence-electron chi connectivity index (χ3n) is 7.92. The van der Waals surface area contributed by atoms with Crippen LogP contribution in [-0.4, -0.2) is 41.8 Å². The van der Waals surface area contributed by atoms with Crippen LogP contribution in [0, 0.1) is 11.6 Å². The summed E-state index contributed by atoms with van der Waals surface area (Å²) in [7, 11) is 0. The van der Waals surface area contributed by atoms with Crippen molar-refractivity contribution in [3.63, 3.8) is 0 Å². The van der Waals surface area contributed by atoms with Gasteiger partial charge < -0.3 is 10.2 Å². The van der Waals surface area contributed by atoms with Gasteiger partial charge in [0, 0.05) is 34.8 Å². The first-order valence-corrected chi connectivity index (χ1v) is 16.1. The number of hydrogen-bond donors (Lipinski definition) is 2. The van der Waals surface area contributed by atoms with E-state index < -0.39 is 28.9 Å². The lowest BCUT2D eigenvalue weighted by molar-refractivity contribution is -0.121. The molecule has 3 aromatic carbocycles. The van der Waals surface area contributed by atoms with Crippen molar-refractivity contribution in [2.45, 2.75) is 30.6 Å². The van der Waals surface area contributed by atoms with E-state index in [1.54, 1.807) is 12.2 Å². The molecule has 1 N–H and O–H groups in total. The van der Waals surface area contributed by atoms with Gasteiger partial charge in [0.05, 0.1) is 11.4 Å². The number of nitrogens with zero attached hydrogens (tertiary/aromatic N) is 3. The molecule has 0 aromatic heterocycles. The number of alkyl halides is 1. The predicted molar refractivity (Wildman–Crippen MR) is 188 cm³/mol. The van der Waals surface area contributed by atoms with Gasteiger partial charge in [-0.05, 0) is 103 Å². The van der Waals surface area contributed by atoms with Crippen LogP contribution < -0.4 is 20.0 Å². The third kappa shape index (κ3) is 7.02. The molecular formula is C35H31ClF2N4O3S2. The molecule has 47 heavy (non-hydrogen) atoms. The Kier molecular flexibility index (Phi) is 10.3. The number of hydrogen-bond acceptors (Lipinski definition) is 6. The van der Waals surface area contributed by atoms with E-state index in [4.69, 9.17) is 23.8 Å². The predicted octanol–water partition coefficient (Wildman–Crippen LogP) is 6.83.